The number of alkyl halides is 8. The van der Waals surface area contributed by atoms with Crippen molar-refractivity contribution in [1.82, 2.24) is 46.0 Å². The number of alkyl carbamates (subject to hydrolysis) is 2. The van der Waals surface area contributed by atoms with E-state index in [0.29, 0.717) is 49.9 Å². The Balaban J connectivity index is 1.32. The summed E-state index contributed by atoms with van der Waals surface area (Å²) < 4.78 is 161. The van der Waals surface area contributed by atoms with Crippen LogP contribution in [0.25, 0.3) is 11.3 Å². The van der Waals surface area contributed by atoms with Gasteiger partial charge in [0.25, 0.3) is 12.3 Å². The van der Waals surface area contributed by atoms with Gasteiger partial charge in [0.15, 0.2) is 0 Å². The van der Waals surface area contributed by atoms with Crippen molar-refractivity contribution in [3.8, 4) is 23.1 Å². The molecule has 2 aromatic heterocycles. The topological polar surface area (TPSA) is 205 Å². The van der Waals surface area contributed by atoms with Gasteiger partial charge in [-0.3, -0.25) is 24.6 Å². The number of rotatable bonds is 20. The minimum atomic E-state index is -5.23. The average molecular weight is 1140 g/mol. The van der Waals surface area contributed by atoms with Gasteiger partial charge in [-0.15, -0.1) is 0 Å². The molecule has 0 spiro atoms. The molecule has 0 unspecified atom stereocenters. The molecule has 4 atom stereocenters. The van der Waals surface area contributed by atoms with Crippen LogP contribution >= 0.6 is 0 Å². The summed E-state index contributed by atoms with van der Waals surface area (Å²) in [4.78, 5) is 62.0. The molecule has 6 rings (SSSR count). The molecule has 0 saturated carbocycles. The molecule has 4 aromatic rings. The van der Waals surface area contributed by atoms with E-state index in [4.69, 9.17) is 4.74 Å². The fourth-order valence-electron chi connectivity index (χ4n) is 8.47. The number of aliphatic hydroxyl groups is 1. The Kier molecular flexibility index (Phi) is 20.1. The maximum absolute atomic E-state index is 16.1. The Hall–Kier alpha value is -7.22. The number of aromatic nitrogens is 3. The molecule has 5 N–H and O–H groups in total. The molecule has 0 bridgehead atoms. The molecule has 436 valence electrons. The quantitative estimate of drug-likeness (QED) is 0.0395. The van der Waals surface area contributed by atoms with Gasteiger partial charge in [0, 0.05) is 73.9 Å². The lowest BCUT2D eigenvalue weighted by molar-refractivity contribution is -0.221. The first-order valence-corrected chi connectivity index (χ1v) is 24.8. The Morgan fingerprint density at radius 2 is 1.34 bits per heavy atom. The molecular weight excluding hydrogens is 1080 g/mol. The van der Waals surface area contributed by atoms with E-state index < -0.39 is 121 Å². The second-order valence-corrected chi connectivity index (χ2v) is 20.1. The maximum Gasteiger partial charge on any atom is 0.407 e. The van der Waals surface area contributed by atoms with Crippen LogP contribution in [0.4, 0.5) is 59.3 Å². The van der Waals surface area contributed by atoms with E-state index in [9.17, 15) is 59.4 Å². The van der Waals surface area contributed by atoms with Crippen molar-refractivity contribution in [2.45, 2.75) is 96.3 Å². The third-order valence-corrected chi connectivity index (χ3v) is 13.8. The standard InChI is InChI=1S/C52H60F10N10O8/c1-49(2,51(57,58)59)43(65-47(76)78-5)45(74)64-39(21-31-10-7-30(8-11-31)9-12-32-13-14-42(63-24-32)70-19-17-69(18-20-70)34-28-80-29-34)40(73)26-72(68-46(75)44(66-48(77)79-6)50(3,4)52(60,61)62)25-35-36(53)22-33(23-37(35)54)38-15-16-71(67-38)27-41(55)56/h7-8,10-11,13-16,22-24,34,39-41,43-44,73H,17-21,25-29H2,1-6H3,(H,64,74)(H,65,76)(H,66,77)(H,68,75)/t39-,40-,43+,44+/m0/s1. The molecule has 0 aliphatic carbocycles. The predicted octanol–water partition coefficient (Wildman–Crippen LogP) is 5.96. The largest absolute Gasteiger partial charge is 0.453 e. The molecule has 80 heavy (non-hydrogen) atoms. The lowest BCUT2D eigenvalue weighted by Crippen LogP contribution is -2.63. The number of halogens is 10. The number of ether oxygens (including phenoxy) is 3. The van der Waals surface area contributed by atoms with Crippen LogP contribution in [0.15, 0.2) is 67.0 Å². The van der Waals surface area contributed by atoms with Gasteiger partial charge in [0.2, 0.25) is 5.91 Å². The number of nitrogens with one attached hydrogen (secondary N) is 4. The highest BCUT2D eigenvalue weighted by Gasteiger charge is 2.57. The van der Waals surface area contributed by atoms with Crippen molar-refractivity contribution < 1.29 is 82.4 Å². The number of methoxy groups -OCH3 is 2. The molecule has 0 radical (unpaired) electrons. The summed E-state index contributed by atoms with van der Waals surface area (Å²) in [6.45, 7) is 3.95. The summed E-state index contributed by atoms with van der Waals surface area (Å²) in [6.07, 6.45) is -16.1. The van der Waals surface area contributed by atoms with Crippen molar-refractivity contribution in [1.29, 1.82) is 0 Å². The summed E-state index contributed by atoms with van der Waals surface area (Å²) in [5, 5.41) is 22.4. The number of hydrazine groups is 1. The summed E-state index contributed by atoms with van der Waals surface area (Å²) in [7, 11) is 1.61. The first-order valence-electron chi connectivity index (χ1n) is 24.8. The zero-order chi connectivity index (χ0) is 58.9. The fourth-order valence-corrected chi connectivity index (χ4v) is 8.47. The number of nitrogens with zero attached hydrogens (tertiary/aromatic N) is 6. The van der Waals surface area contributed by atoms with Crippen molar-refractivity contribution >= 4 is 29.8 Å². The highest BCUT2D eigenvalue weighted by Crippen LogP contribution is 2.42. The highest BCUT2D eigenvalue weighted by molar-refractivity contribution is 5.87. The van der Waals surface area contributed by atoms with E-state index >= 15 is 8.78 Å². The molecule has 4 amide bonds. The molecule has 18 nitrogen and oxygen atoms in total. The van der Waals surface area contributed by atoms with E-state index in [1.165, 1.54) is 30.3 Å². The summed E-state index contributed by atoms with van der Waals surface area (Å²) in [6, 6.07) is 6.01. The van der Waals surface area contributed by atoms with Crippen molar-refractivity contribution in [2.75, 3.05) is 65.1 Å². The smallest absolute Gasteiger partial charge is 0.407 e. The van der Waals surface area contributed by atoms with Gasteiger partial charge < -0.3 is 40.2 Å². The number of benzene rings is 2. The highest BCUT2D eigenvalue weighted by atomic mass is 19.4. The zero-order valence-electron chi connectivity index (χ0n) is 44.2. The van der Waals surface area contributed by atoms with Crippen LogP contribution in [0, 0.1) is 34.3 Å². The van der Waals surface area contributed by atoms with Crippen molar-refractivity contribution in [3.63, 3.8) is 0 Å². The Bertz CT molecular complexity index is 2830. The third kappa shape index (κ3) is 15.6. The van der Waals surface area contributed by atoms with Crippen LogP contribution in [0.2, 0.25) is 0 Å². The van der Waals surface area contributed by atoms with Crippen LogP contribution < -0.4 is 26.3 Å². The average Bonchev–Trinajstić information content (AvgIpc) is 3.84. The van der Waals surface area contributed by atoms with Gasteiger partial charge in [0.05, 0.1) is 62.1 Å². The normalized spacial score (nSPS) is 16.2. The van der Waals surface area contributed by atoms with E-state index in [0.717, 1.165) is 82.4 Å². The number of hydrogen-bond donors (Lipinski definition) is 5. The van der Waals surface area contributed by atoms with Crippen molar-refractivity contribution in [2.24, 2.45) is 10.8 Å². The molecule has 2 saturated heterocycles. The van der Waals surface area contributed by atoms with Crippen LogP contribution in [-0.2, 0) is 43.3 Å². The van der Waals surface area contributed by atoms with Crippen LogP contribution in [-0.4, -0.2) is 163 Å². The van der Waals surface area contributed by atoms with E-state index in [2.05, 4.69) is 46.5 Å². The Labute approximate surface area is 453 Å². The van der Waals surface area contributed by atoms with E-state index in [1.54, 1.807) is 17.6 Å². The van der Waals surface area contributed by atoms with Gasteiger partial charge in [0.1, 0.15) is 36.1 Å². The predicted molar refractivity (Wildman–Crippen MR) is 267 cm³/mol. The summed E-state index contributed by atoms with van der Waals surface area (Å²) in [5.41, 5.74) is -4.12. The number of piperazine rings is 1. The minimum Gasteiger partial charge on any atom is -0.453 e. The second-order valence-electron chi connectivity index (χ2n) is 20.1. The molecular formula is C52H60F10N10O8. The summed E-state index contributed by atoms with van der Waals surface area (Å²) in [5.74, 6) is 0.806. The van der Waals surface area contributed by atoms with E-state index in [-0.39, 0.29) is 16.8 Å². The van der Waals surface area contributed by atoms with Crippen molar-refractivity contribution in [3.05, 3.63) is 101 Å². The van der Waals surface area contributed by atoms with Gasteiger partial charge in [-0.2, -0.15) is 31.4 Å². The van der Waals surface area contributed by atoms with E-state index in [1.807, 2.05) is 16.8 Å². The molecule has 2 aliphatic heterocycles. The first-order chi connectivity index (χ1) is 37.5. The van der Waals surface area contributed by atoms with Crippen LogP contribution in [0.3, 0.4) is 0 Å². The number of hydrogen-bond acceptors (Lipinski definition) is 13. The summed E-state index contributed by atoms with van der Waals surface area (Å²) >= 11 is 0. The Morgan fingerprint density at radius 1 is 0.787 bits per heavy atom. The van der Waals surface area contributed by atoms with Gasteiger partial charge in [-0.05, 0) is 82.1 Å². The second kappa shape index (κ2) is 25.9. The van der Waals surface area contributed by atoms with Gasteiger partial charge >= 0.3 is 24.5 Å². The molecule has 2 aliphatic rings. The third-order valence-electron chi connectivity index (χ3n) is 13.8. The fraction of sp³-hybridized carbons (Fsp3) is 0.500. The van der Waals surface area contributed by atoms with Gasteiger partial charge in [-0.25, -0.2) is 37.1 Å². The number of carbonyl (C=O) groups excluding carboxylic acids is 4. The van der Waals surface area contributed by atoms with Gasteiger partial charge in [-0.1, -0.05) is 24.0 Å². The zero-order valence-corrected chi connectivity index (χ0v) is 44.2. The number of amides is 4. The first kappa shape index (κ1) is 62.0. The molecule has 4 heterocycles. The number of carbonyl (C=O) groups is 4. The minimum absolute atomic E-state index is 0.156. The molecule has 2 aromatic carbocycles. The van der Waals surface area contributed by atoms with Crippen LogP contribution in [0.1, 0.15) is 49.9 Å². The maximum atomic E-state index is 16.1. The monoisotopic (exact) mass is 1140 g/mol. The SMILES string of the molecule is COC(=O)N[C@H](C(=O)N[C@@H](Cc1ccc(C#Cc2ccc(N3CCN(C4COC4)CC3)nc2)cc1)[C@@H](O)CN(Cc1c(F)cc(-c2ccn(CC(F)F)n2)cc1F)NC(=O)[C@@H](NC(=O)OC)C(C)(C)C(F)(F)F)C(C)(C)C(F)(F)F. The van der Waals surface area contributed by atoms with Crippen LogP contribution in [0.5, 0.6) is 0 Å². The number of aliphatic hydroxyl groups excluding tert-OH is 1. The Morgan fingerprint density at radius 3 is 1.84 bits per heavy atom. The molecule has 2 fully saturated rings. The number of anilines is 1. The lowest BCUT2D eigenvalue weighted by atomic mass is 9.82. The lowest BCUT2D eigenvalue weighted by Gasteiger charge is -2.42. The number of pyridine rings is 1. The molecule has 28 heteroatoms.